The molecule has 0 aliphatic rings. The fourth-order valence-electron chi connectivity index (χ4n) is 3.08. The third-order valence-corrected chi connectivity index (χ3v) is 4.17. The number of halogens is 1. The number of hydrogen-bond donors (Lipinski definition) is 0. The van der Waals surface area contributed by atoms with Crippen LogP contribution in [0, 0.1) is 5.82 Å². The van der Waals surface area contributed by atoms with Crippen LogP contribution in [0.3, 0.4) is 0 Å². The fourth-order valence-corrected chi connectivity index (χ4v) is 3.08. The van der Waals surface area contributed by atoms with E-state index in [0.29, 0.717) is 6.54 Å². The van der Waals surface area contributed by atoms with Gasteiger partial charge in [0, 0.05) is 29.8 Å². The van der Waals surface area contributed by atoms with Crippen LogP contribution in [0.25, 0.3) is 17.0 Å². The van der Waals surface area contributed by atoms with E-state index in [4.69, 9.17) is 4.98 Å². The van der Waals surface area contributed by atoms with E-state index in [2.05, 4.69) is 16.3 Å². The van der Waals surface area contributed by atoms with Gasteiger partial charge in [-0.15, -0.1) is 0 Å². The summed E-state index contributed by atoms with van der Waals surface area (Å²) < 4.78 is 17.7. The molecule has 5 heteroatoms. The molecule has 0 aliphatic carbocycles. The van der Waals surface area contributed by atoms with Crippen LogP contribution in [0.1, 0.15) is 18.3 Å². The molecule has 0 bridgehead atoms. The van der Waals surface area contributed by atoms with Gasteiger partial charge in [-0.1, -0.05) is 25.1 Å². The van der Waals surface area contributed by atoms with E-state index in [1.807, 2.05) is 41.2 Å². The van der Waals surface area contributed by atoms with Gasteiger partial charge in [-0.25, -0.2) is 14.4 Å². The van der Waals surface area contributed by atoms with Crippen molar-refractivity contribution in [1.82, 2.24) is 18.9 Å². The zero-order valence-electron chi connectivity index (χ0n) is 13.4. The Balaban J connectivity index is 1.76. The highest BCUT2D eigenvalue weighted by Crippen LogP contribution is 2.21. The minimum atomic E-state index is -0.260. The average molecular weight is 320 g/mol. The van der Waals surface area contributed by atoms with Gasteiger partial charge in [-0.05, 0) is 30.7 Å². The number of rotatable bonds is 4. The molecule has 4 nitrogen and oxygen atoms in total. The van der Waals surface area contributed by atoms with Crippen LogP contribution in [-0.4, -0.2) is 18.9 Å². The maximum Gasteiger partial charge on any atom is 0.140 e. The standard InChI is InChI=1S/C19H17FN4/c1-2-17-16(22-18-8-3-4-10-24(17)18)13-23-11-9-21-19(23)14-6-5-7-15(20)12-14/h3-12H,2,13H2,1H3. The van der Waals surface area contributed by atoms with E-state index < -0.39 is 0 Å². The SMILES string of the molecule is CCc1c(Cn2ccnc2-c2cccc(F)c2)nc2ccccn12. The van der Waals surface area contributed by atoms with Crippen LogP contribution in [0.2, 0.25) is 0 Å². The lowest BCUT2D eigenvalue weighted by atomic mass is 10.2. The molecule has 0 radical (unpaired) electrons. The maximum atomic E-state index is 13.5. The molecule has 0 aliphatic heterocycles. The van der Waals surface area contributed by atoms with Crippen molar-refractivity contribution in [3.05, 3.63) is 78.3 Å². The molecular weight excluding hydrogens is 303 g/mol. The number of aryl methyl sites for hydroxylation is 1. The van der Waals surface area contributed by atoms with E-state index >= 15 is 0 Å². The minimum absolute atomic E-state index is 0.260. The van der Waals surface area contributed by atoms with E-state index in [0.717, 1.165) is 29.1 Å². The van der Waals surface area contributed by atoms with E-state index in [1.165, 1.54) is 17.8 Å². The summed E-state index contributed by atoms with van der Waals surface area (Å²) in [6, 6.07) is 12.5. The first-order chi connectivity index (χ1) is 11.8. The van der Waals surface area contributed by atoms with Crippen LogP contribution in [0.4, 0.5) is 4.39 Å². The molecule has 3 heterocycles. The normalized spacial score (nSPS) is 11.2. The van der Waals surface area contributed by atoms with Crippen molar-refractivity contribution >= 4 is 5.65 Å². The van der Waals surface area contributed by atoms with Crippen molar-refractivity contribution in [3.63, 3.8) is 0 Å². The minimum Gasteiger partial charge on any atom is -0.325 e. The number of hydrogen-bond acceptors (Lipinski definition) is 2. The second-order valence-electron chi connectivity index (χ2n) is 5.68. The Kier molecular flexibility index (Phi) is 3.61. The molecule has 0 fully saturated rings. The largest absolute Gasteiger partial charge is 0.325 e. The number of imidazole rings is 2. The summed E-state index contributed by atoms with van der Waals surface area (Å²) >= 11 is 0. The van der Waals surface area contributed by atoms with Crippen LogP contribution in [0.15, 0.2) is 61.1 Å². The highest BCUT2D eigenvalue weighted by atomic mass is 19.1. The lowest BCUT2D eigenvalue weighted by molar-refractivity contribution is 0.628. The fraction of sp³-hybridized carbons (Fsp3) is 0.158. The van der Waals surface area contributed by atoms with Gasteiger partial charge in [-0.3, -0.25) is 0 Å². The van der Waals surface area contributed by atoms with Crippen LogP contribution in [-0.2, 0) is 13.0 Å². The first kappa shape index (κ1) is 14.6. The smallest absolute Gasteiger partial charge is 0.140 e. The zero-order chi connectivity index (χ0) is 16.5. The van der Waals surface area contributed by atoms with Crippen LogP contribution in [0.5, 0.6) is 0 Å². The number of benzene rings is 1. The predicted octanol–water partition coefficient (Wildman–Crippen LogP) is 3.95. The molecule has 4 rings (SSSR count). The van der Waals surface area contributed by atoms with E-state index in [1.54, 1.807) is 12.3 Å². The Bertz CT molecular complexity index is 999. The molecule has 0 unspecified atom stereocenters. The number of pyridine rings is 1. The first-order valence-electron chi connectivity index (χ1n) is 7.98. The van der Waals surface area contributed by atoms with Gasteiger partial charge in [0.1, 0.15) is 17.3 Å². The zero-order valence-corrected chi connectivity index (χ0v) is 13.4. The molecule has 3 aromatic heterocycles. The summed E-state index contributed by atoms with van der Waals surface area (Å²) in [4.78, 5) is 9.15. The highest BCUT2D eigenvalue weighted by Gasteiger charge is 2.13. The summed E-state index contributed by atoms with van der Waals surface area (Å²) in [6.07, 6.45) is 6.57. The summed E-state index contributed by atoms with van der Waals surface area (Å²) in [5, 5.41) is 0. The lowest BCUT2D eigenvalue weighted by Crippen LogP contribution is -2.04. The number of nitrogens with zero attached hydrogens (tertiary/aromatic N) is 4. The third kappa shape index (κ3) is 2.48. The molecule has 0 atom stereocenters. The van der Waals surface area contributed by atoms with Gasteiger partial charge in [0.25, 0.3) is 0 Å². The molecule has 4 aromatic rings. The Morgan fingerprint density at radius 1 is 1.08 bits per heavy atom. The molecule has 120 valence electrons. The van der Waals surface area contributed by atoms with Gasteiger partial charge < -0.3 is 8.97 Å². The van der Waals surface area contributed by atoms with Gasteiger partial charge in [0.05, 0.1) is 12.2 Å². The molecular formula is C19H17FN4. The maximum absolute atomic E-state index is 13.5. The topological polar surface area (TPSA) is 35.1 Å². The molecule has 0 saturated carbocycles. The third-order valence-electron chi connectivity index (χ3n) is 4.17. The van der Waals surface area contributed by atoms with Gasteiger partial charge in [-0.2, -0.15) is 0 Å². The van der Waals surface area contributed by atoms with Crippen LogP contribution < -0.4 is 0 Å². The van der Waals surface area contributed by atoms with Crippen molar-refractivity contribution in [2.45, 2.75) is 19.9 Å². The second-order valence-corrected chi connectivity index (χ2v) is 5.68. The average Bonchev–Trinajstić information content (AvgIpc) is 3.19. The summed E-state index contributed by atoms with van der Waals surface area (Å²) in [5.41, 5.74) is 3.91. The Morgan fingerprint density at radius 2 is 2.00 bits per heavy atom. The Morgan fingerprint density at radius 3 is 2.83 bits per heavy atom. The lowest BCUT2D eigenvalue weighted by Gasteiger charge is -2.08. The van der Waals surface area contributed by atoms with Crippen molar-refractivity contribution in [1.29, 1.82) is 0 Å². The first-order valence-corrected chi connectivity index (χ1v) is 7.98. The van der Waals surface area contributed by atoms with E-state index in [9.17, 15) is 4.39 Å². The molecule has 0 amide bonds. The second kappa shape index (κ2) is 5.92. The highest BCUT2D eigenvalue weighted by molar-refractivity contribution is 5.55. The molecule has 0 N–H and O–H groups in total. The van der Waals surface area contributed by atoms with Gasteiger partial charge in [0.15, 0.2) is 0 Å². The summed E-state index contributed by atoms with van der Waals surface area (Å²) in [6.45, 7) is 2.73. The molecule has 24 heavy (non-hydrogen) atoms. The predicted molar refractivity (Wildman–Crippen MR) is 91.3 cm³/mol. The molecule has 0 saturated heterocycles. The van der Waals surface area contributed by atoms with Crippen molar-refractivity contribution in [3.8, 4) is 11.4 Å². The van der Waals surface area contributed by atoms with Crippen molar-refractivity contribution in [2.24, 2.45) is 0 Å². The van der Waals surface area contributed by atoms with Gasteiger partial charge >= 0.3 is 0 Å². The Hall–Kier alpha value is -2.95. The summed E-state index contributed by atoms with van der Waals surface area (Å²) in [7, 11) is 0. The van der Waals surface area contributed by atoms with Crippen molar-refractivity contribution < 1.29 is 4.39 Å². The summed E-state index contributed by atoms with van der Waals surface area (Å²) in [5.74, 6) is 0.484. The van der Waals surface area contributed by atoms with Crippen molar-refractivity contribution in [2.75, 3.05) is 0 Å². The van der Waals surface area contributed by atoms with Gasteiger partial charge in [0.2, 0.25) is 0 Å². The number of fused-ring (bicyclic) bond motifs is 1. The quantitative estimate of drug-likeness (QED) is 0.571. The Labute approximate surface area is 139 Å². The monoisotopic (exact) mass is 320 g/mol. The number of aromatic nitrogens is 4. The van der Waals surface area contributed by atoms with Crippen LogP contribution >= 0.6 is 0 Å². The molecule has 1 aromatic carbocycles. The van der Waals surface area contributed by atoms with E-state index in [-0.39, 0.29) is 5.82 Å². The molecule has 0 spiro atoms.